The Morgan fingerprint density at radius 2 is 2.14 bits per heavy atom. The van der Waals surface area contributed by atoms with Gasteiger partial charge >= 0.3 is 0 Å². The van der Waals surface area contributed by atoms with E-state index in [1.807, 2.05) is 12.1 Å². The number of amides is 1. The SMILES string of the molecule is Cc1cc(Br)ccc1NCCC(=O)NCCC1=CCCCC1. The Bertz CT molecular complexity index is 540. The second kappa shape index (κ2) is 8.99. The van der Waals surface area contributed by atoms with Gasteiger partial charge in [0.1, 0.15) is 0 Å². The third kappa shape index (κ3) is 5.84. The van der Waals surface area contributed by atoms with E-state index in [4.69, 9.17) is 0 Å². The van der Waals surface area contributed by atoms with Gasteiger partial charge in [-0.1, -0.05) is 27.6 Å². The molecule has 2 rings (SSSR count). The van der Waals surface area contributed by atoms with Crippen molar-refractivity contribution in [2.45, 2.75) is 45.4 Å². The van der Waals surface area contributed by atoms with Gasteiger partial charge in [0.05, 0.1) is 0 Å². The maximum Gasteiger partial charge on any atom is 0.221 e. The first kappa shape index (κ1) is 17.1. The van der Waals surface area contributed by atoms with E-state index in [1.54, 1.807) is 0 Å². The predicted octanol–water partition coefficient (Wildman–Crippen LogP) is 4.57. The second-order valence-electron chi connectivity index (χ2n) is 5.84. The first-order valence-electron chi connectivity index (χ1n) is 8.10. The van der Waals surface area contributed by atoms with Gasteiger partial charge in [-0.15, -0.1) is 0 Å². The van der Waals surface area contributed by atoms with Crippen molar-refractivity contribution in [3.05, 3.63) is 39.9 Å². The average molecular weight is 365 g/mol. The maximum absolute atomic E-state index is 11.8. The van der Waals surface area contributed by atoms with Crippen molar-refractivity contribution >= 4 is 27.5 Å². The van der Waals surface area contributed by atoms with Crippen LogP contribution in [0.4, 0.5) is 5.69 Å². The van der Waals surface area contributed by atoms with E-state index in [2.05, 4.69) is 45.6 Å². The number of carbonyl (C=O) groups is 1. The number of benzene rings is 1. The number of aryl methyl sites for hydroxylation is 1. The molecule has 0 spiro atoms. The molecule has 0 fully saturated rings. The van der Waals surface area contributed by atoms with Gasteiger partial charge in [0, 0.05) is 29.7 Å². The predicted molar refractivity (Wildman–Crippen MR) is 96.2 cm³/mol. The molecule has 2 N–H and O–H groups in total. The number of carbonyl (C=O) groups excluding carboxylic acids is 1. The van der Waals surface area contributed by atoms with Crippen molar-refractivity contribution in [1.82, 2.24) is 5.32 Å². The maximum atomic E-state index is 11.8. The number of halogens is 1. The smallest absolute Gasteiger partial charge is 0.221 e. The summed E-state index contributed by atoms with van der Waals surface area (Å²) < 4.78 is 1.07. The third-order valence-electron chi connectivity index (χ3n) is 4.01. The van der Waals surface area contributed by atoms with Crippen LogP contribution in [-0.4, -0.2) is 19.0 Å². The standard InChI is InChI=1S/C18H25BrN2O/c1-14-13-16(19)7-8-17(14)20-12-10-18(22)21-11-9-15-5-3-2-4-6-15/h5,7-8,13,20H,2-4,6,9-12H2,1H3,(H,21,22). The molecule has 0 saturated heterocycles. The molecule has 0 unspecified atom stereocenters. The largest absolute Gasteiger partial charge is 0.384 e. The summed E-state index contributed by atoms with van der Waals surface area (Å²) in [6, 6.07) is 6.11. The van der Waals surface area contributed by atoms with Crippen LogP contribution in [0.2, 0.25) is 0 Å². The molecule has 3 nitrogen and oxygen atoms in total. The van der Waals surface area contributed by atoms with Gasteiger partial charge in [0.25, 0.3) is 0 Å². The minimum absolute atomic E-state index is 0.124. The van der Waals surface area contributed by atoms with Crippen LogP contribution >= 0.6 is 15.9 Å². The highest BCUT2D eigenvalue weighted by atomic mass is 79.9. The molecule has 0 atom stereocenters. The molecule has 1 aromatic rings. The molecule has 0 aromatic heterocycles. The lowest BCUT2D eigenvalue weighted by molar-refractivity contribution is -0.120. The van der Waals surface area contributed by atoms with Gasteiger partial charge < -0.3 is 10.6 Å². The zero-order valence-electron chi connectivity index (χ0n) is 13.3. The van der Waals surface area contributed by atoms with Crippen LogP contribution in [-0.2, 0) is 4.79 Å². The molecular weight excluding hydrogens is 340 g/mol. The molecule has 0 radical (unpaired) electrons. The molecule has 1 aliphatic carbocycles. The van der Waals surface area contributed by atoms with Crippen molar-refractivity contribution in [3.63, 3.8) is 0 Å². The van der Waals surface area contributed by atoms with Crippen molar-refractivity contribution < 1.29 is 4.79 Å². The first-order chi connectivity index (χ1) is 10.6. The van der Waals surface area contributed by atoms with Crippen LogP contribution in [0.1, 0.15) is 44.1 Å². The topological polar surface area (TPSA) is 41.1 Å². The lowest BCUT2D eigenvalue weighted by Gasteiger charge is -2.13. The first-order valence-corrected chi connectivity index (χ1v) is 8.89. The summed E-state index contributed by atoms with van der Waals surface area (Å²) in [4.78, 5) is 11.8. The zero-order chi connectivity index (χ0) is 15.8. The number of allylic oxidation sites excluding steroid dienone is 1. The quantitative estimate of drug-likeness (QED) is 0.695. The zero-order valence-corrected chi connectivity index (χ0v) is 14.8. The number of hydrogen-bond acceptors (Lipinski definition) is 2. The molecule has 120 valence electrons. The van der Waals surface area contributed by atoms with Crippen molar-refractivity contribution in [2.75, 3.05) is 18.4 Å². The van der Waals surface area contributed by atoms with E-state index in [-0.39, 0.29) is 5.91 Å². The fraction of sp³-hybridized carbons (Fsp3) is 0.500. The lowest BCUT2D eigenvalue weighted by atomic mass is 9.97. The number of nitrogens with one attached hydrogen (secondary N) is 2. The fourth-order valence-corrected chi connectivity index (χ4v) is 3.19. The Morgan fingerprint density at radius 3 is 2.86 bits per heavy atom. The molecule has 0 saturated carbocycles. The molecule has 0 aliphatic heterocycles. The highest BCUT2D eigenvalue weighted by Crippen LogP contribution is 2.20. The molecule has 1 aliphatic rings. The monoisotopic (exact) mass is 364 g/mol. The van der Waals surface area contributed by atoms with Gasteiger partial charge in [-0.25, -0.2) is 0 Å². The molecule has 22 heavy (non-hydrogen) atoms. The number of hydrogen-bond donors (Lipinski definition) is 2. The van der Waals surface area contributed by atoms with E-state index in [0.717, 1.165) is 23.1 Å². The second-order valence-corrected chi connectivity index (χ2v) is 6.76. The highest BCUT2D eigenvalue weighted by Gasteiger charge is 2.05. The van der Waals surface area contributed by atoms with E-state index in [9.17, 15) is 4.79 Å². The minimum Gasteiger partial charge on any atom is -0.384 e. The molecule has 4 heteroatoms. The van der Waals surface area contributed by atoms with Gasteiger partial charge in [0.15, 0.2) is 0 Å². The molecule has 0 bridgehead atoms. The average Bonchev–Trinajstić information content (AvgIpc) is 2.50. The minimum atomic E-state index is 0.124. The summed E-state index contributed by atoms with van der Waals surface area (Å²) >= 11 is 3.45. The third-order valence-corrected chi connectivity index (χ3v) is 4.50. The molecular formula is C18H25BrN2O. The highest BCUT2D eigenvalue weighted by molar-refractivity contribution is 9.10. The fourth-order valence-electron chi connectivity index (χ4n) is 2.72. The number of rotatable bonds is 7. The Balaban J connectivity index is 1.62. The summed E-state index contributed by atoms with van der Waals surface area (Å²) in [6.45, 7) is 3.49. The van der Waals surface area contributed by atoms with Crippen LogP contribution in [0.3, 0.4) is 0 Å². The van der Waals surface area contributed by atoms with E-state index in [0.29, 0.717) is 13.0 Å². The van der Waals surface area contributed by atoms with Crippen molar-refractivity contribution in [2.24, 2.45) is 0 Å². The van der Waals surface area contributed by atoms with Crippen LogP contribution in [0.5, 0.6) is 0 Å². The summed E-state index contributed by atoms with van der Waals surface area (Å²) in [5.74, 6) is 0.124. The Kier molecular flexibility index (Phi) is 6.97. The molecule has 0 heterocycles. The Labute approximate surface area is 141 Å². The van der Waals surface area contributed by atoms with Gasteiger partial charge in [-0.05, 0) is 62.8 Å². The Morgan fingerprint density at radius 1 is 1.27 bits per heavy atom. The van der Waals surface area contributed by atoms with E-state index < -0.39 is 0 Å². The van der Waals surface area contributed by atoms with Crippen LogP contribution < -0.4 is 10.6 Å². The van der Waals surface area contributed by atoms with E-state index in [1.165, 1.54) is 36.8 Å². The van der Waals surface area contributed by atoms with Gasteiger partial charge in [-0.3, -0.25) is 4.79 Å². The molecule has 1 amide bonds. The normalized spacial score (nSPS) is 14.4. The van der Waals surface area contributed by atoms with E-state index >= 15 is 0 Å². The number of anilines is 1. The summed E-state index contributed by atoms with van der Waals surface area (Å²) in [7, 11) is 0. The van der Waals surface area contributed by atoms with Crippen molar-refractivity contribution in [3.8, 4) is 0 Å². The van der Waals surface area contributed by atoms with Gasteiger partial charge in [0.2, 0.25) is 5.91 Å². The summed E-state index contributed by atoms with van der Waals surface area (Å²) in [6.07, 6.45) is 8.89. The van der Waals surface area contributed by atoms with Crippen LogP contribution in [0.25, 0.3) is 0 Å². The molecule has 1 aromatic carbocycles. The van der Waals surface area contributed by atoms with Crippen LogP contribution in [0.15, 0.2) is 34.3 Å². The summed E-state index contributed by atoms with van der Waals surface area (Å²) in [5, 5.41) is 6.33. The summed E-state index contributed by atoms with van der Waals surface area (Å²) in [5.41, 5.74) is 3.78. The van der Waals surface area contributed by atoms with Gasteiger partial charge in [-0.2, -0.15) is 0 Å². The Hall–Kier alpha value is -1.29. The van der Waals surface area contributed by atoms with Crippen molar-refractivity contribution in [1.29, 1.82) is 0 Å². The lowest BCUT2D eigenvalue weighted by Crippen LogP contribution is -2.26. The van der Waals surface area contributed by atoms with Crippen LogP contribution in [0, 0.1) is 6.92 Å².